The van der Waals surface area contributed by atoms with Crippen LogP contribution in [0.2, 0.25) is 5.02 Å². The number of carbonyl (C=O) groups is 3. The SMILES string of the molecule is CNC(C)C(=O)NC(C(=O)N1CCCC1C(=O)Nc1ccc2ncnc(N(c3cccc(Cl)c3)c3ccccc3F)c2c1)C(C)(C)C. The molecule has 3 N–H and O–H groups in total. The number of anilines is 4. The molecular weight excluding hydrogens is 621 g/mol. The number of hydrogen-bond acceptors (Lipinski definition) is 7. The summed E-state index contributed by atoms with van der Waals surface area (Å²) in [6, 6.07) is 16.5. The number of nitrogens with one attached hydrogen (secondary N) is 3. The Morgan fingerprint density at radius 1 is 1.04 bits per heavy atom. The number of rotatable bonds is 9. The van der Waals surface area contributed by atoms with Crippen LogP contribution in [0.5, 0.6) is 0 Å². The van der Waals surface area contributed by atoms with Crippen LogP contribution in [0.25, 0.3) is 10.9 Å². The second kappa shape index (κ2) is 14.0. The van der Waals surface area contributed by atoms with Crippen molar-refractivity contribution in [3.05, 3.63) is 83.9 Å². The van der Waals surface area contributed by atoms with Crippen molar-refractivity contribution in [2.75, 3.05) is 23.8 Å². The first kappa shape index (κ1) is 33.7. The normalized spacial score (nSPS) is 16.1. The van der Waals surface area contributed by atoms with Gasteiger partial charge in [-0.25, -0.2) is 14.4 Å². The van der Waals surface area contributed by atoms with Gasteiger partial charge in [-0.05, 0) is 80.8 Å². The zero-order valence-electron chi connectivity index (χ0n) is 27.1. The molecule has 3 atom stereocenters. The number of likely N-dealkylation sites (N-methyl/N-ethyl adjacent to an activating group) is 1. The highest BCUT2D eigenvalue weighted by molar-refractivity contribution is 6.30. The van der Waals surface area contributed by atoms with Crippen molar-refractivity contribution in [3.8, 4) is 0 Å². The van der Waals surface area contributed by atoms with Gasteiger partial charge in [0.15, 0.2) is 0 Å². The number of halogens is 2. The van der Waals surface area contributed by atoms with Gasteiger partial charge in [-0.2, -0.15) is 0 Å². The van der Waals surface area contributed by atoms with Crippen molar-refractivity contribution < 1.29 is 18.8 Å². The molecule has 1 saturated heterocycles. The number of nitrogens with zero attached hydrogens (tertiary/aromatic N) is 4. The van der Waals surface area contributed by atoms with E-state index in [9.17, 15) is 14.4 Å². The van der Waals surface area contributed by atoms with Crippen LogP contribution in [0.1, 0.15) is 40.5 Å². The molecule has 47 heavy (non-hydrogen) atoms. The van der Waals surface area contributed by atoms with Crippen molar-refractivity contribution in [2.24, 2.45) is 5.41 Å². The number of para-hydroxylation sites is 1. The van der Waals surface area contributed by atoms with Crippen LogP contribution in [0.4, 0.5) is 27.3 Å². The van der Waals surface area contributed by atoms with Gasteiger partial charge in [-0.3, -0.25) is 19.3 Å². The molecule has 1 aliphatic rings. The zero-order chi connectivity index (χ0) is 33.9. The van der Waals surface area contributed by atoms with Crippen LogP contribution in [0.3, 0.4) is 0 Å². The minimum Gasteiger partial charge on any atom is -0.342 e. The Labute approximate surface area is 278 Å². The smallest absolute Gasteiger partial charge is 0.247 e. The lowest BCUT2D eigenvalue weighted by Crippen LogP contribution is -2.59. The first-order valence-corrected chi connectivity index (χ1v) is 15.9. The summed E-state index contributed by atoms with van der Waals surface area (Å²) in [4.78, 5) is 52.5. The monoisotopic (exact) mass is 659 g/mol. The second-order valence-electron chi connectivity index (χ2n) is 12.7. The molecular formula is C35H39ClFN7O3. The predicted octanol–water partition coefficient (Wildman–Crippen LogP) is 5.96. The van der Waals surface area contributed by atoms with Gasteiger partial charge in [0.1, 0.15) is 30.0 Å². The van der Waals surface area contributed by atoms with E-state index in [1.807, 2.05) is 20.8 Å². The summed E-state index contributed by atoms with van der Waals surface area (Å²) >= 11 is 6.34. The first-order valence-electron chi connectivity index (χ1n) is 15.5. The largest absolute Gasteiger partial charge is 0.342 e. The molecule has 3 aromatic carbocycles. The molecule has 0 aliphatic carbocycles. The Morgan fingerprint density at radius 3 is 2.51 bits per heavy atom. The van der Waals surface area contributed by atoms with Gasteiger partial charge < -0.3 is 20.9 Å². The van der Waals surface area contributed by atoms with Gasteiger partial charge in [0, 0.05) is 28.3 Å². The Kier molecular flexibility index (Phi) is 10.1. The maximum Gasteiger partial charge on any atom is 0.247 e. The van der Waals surface area contributed by atoms with E-state index < -0.39 is 29.4 Å². The maximum absolute atomic E-state index is 15.3. The lowest BCUT2D eigenvalue weighted by molar-refractivity contribution is -0.143. The number of benzene rings is 3. The highest BCUT2D eigenvalue weighted by Gasteiger charge is 2.42. The molecule has 1 aliphatic heterocycles. The van der Waals surface area contributed by atoms with Crippen LogP contribution in [-0.4, -0.2) is 64.3 Å². The summed E-state index contributed by atoms with van der Waals surface area (Å²) in [7, 11) is 1.68. The van der Waals surface area contributed by atoms with E-state index in [-0.39, 0.29) is 23.4 Å². The van der Waals surface area contributed by atoms with Crippen LogP contribution >= 0.6 is 11.6 Å². The molecule has 12 heteroatoms. The third-order valence-corrected chi connectivity index (χ3v) is 8.55. The Balaban J connectivity index is 1.46. The molecule has 0 saturated carbocycles. The van der Waals surface area contributed by atoms with Crippen molar-refractivity contribution >= 4 is 63.1 Å². The van der Waals surface area contributed by atoms with Crippen LogP contribution < -0.4 is 20.9 Å². The molecule has 0 bridgehead atoms. The van der Waals surface area contributed by atoms with Gasteiger partial charge in [-0.15, -0.1) is 0 Å². The topological polar surface area (TPSA) is 120 Å². The number of likely N-dealkylation sites (tertiary alicyclic amines) is 1. The quantitative estimate of drug-likeness (QED) is 0.203. The van der Waals surface area contributed by atoms with E-state index >= 15 is 4.39 Å². The fraction of sp³-hybridized carbons (Fsp3) is 0.343. The number of hydrogen-bond donors (Lipinski definition) is 3. The van der Waals surface area contributed by atoms with E-state index in [0.717, 1.165) is 0 Å². The third-order valence-electron chi connectivity index (χ3n) is 8.32. The van der Waals surface area contributed by atoms with Crippen molar-refractivity contribution in [2.45, 2.75) is 58.7 Å². The average molecular weight is 660 g/mol. The Hall–Kier alpha value is -4.61. The summed E-state index contributed by atoms with van der Waals surface area (Å²) in [5.74, 6) is -1.02. The Morgan fingerprint density at radius 2 is 1.81 bits per heavy atom. The number of amides is 3. The number of fused-ring (bicyclic) bond motifs is 1. The summed E-state index contributed by atoms with van der Waals surface area (Å²) in [5, 5.41) is 9.78. The van der Waals surface area contributed by atoms with Crippen molar-refractivity contribution in [3.63, 3.8) is 0 Å². The van der Waals surface area contributed by atoms with E-state index in [0.29, 0.717) is 52.5 Å². The highest BCUT2D eigenvalue weighted by atomic mass is 35.5. The number of aromatic nitrogens is 2. The molecule has 4 aromatic rings. The third kappa shape index (κ3) is 7.36. The minimum atomic E-state index is -0.824. The number of carbonyl (C=O) groups excluding carboxylic acids is 3. The fourth-order valence-corrected chi connectivity index (χ4v) is 5.85. The van der Waals surface area contributed by atoms with E-state index in [1.54, 1.807) is 84.4 Å². The molecule has 0 spiro atoms. The highest BCUT2D eigenvalue weighted by Crippen LogP contribution is 2.39. The second-order valence-corrected chi connectivity index (χ2v) is 13.1. The van der Waals surface area contributed by atoms with Crippen molar-refractivity contribution in [1.29, 1.82) is 0 Å². The van der Waals surface area contributed by atoms with Crippen molar-refractivity contribution in [1.82, 2.24) is 25.5 Å². The summed E-state index contributed by atoms with van der Waals surface area (Å²) in [6.45, 7) is 7.76. The van der Waals surface area contributed by atoms with Gasteiger partial charge in [0.05, 0.1) is 17.2 Å². The van der Waals surface area contributed by atoms with Gasteiger partial charge in [-0.1, -0.05) is 50.6 Å². The first-order chi connectivity index (χ1) is 22.4. The fourth-order valence-electron chi connectivity index (χ4n) is 5.66. The summed E-state index contributed by atoms with van der Waals surface area (Å²) in [5.41, 5.74) is 1.29. The molecule has 3 amide bonds. The molecule has 3 unspecified atom stereocenters. The standard InChI is InChI=1S/C35H39ClFN7O3/c1-21(38-5)32(45)42-30(35(2,3)4)34(47)43-17-9-14-29(43)33(46)41-23-15-16-27-25(19-23)31(40-20-39-27)44(24-11-8-10-22(36)18-24)28-13-7-6-12-26(28)37/h6-8,10-13,15-16,18-21,29-30,38H,9,14,17H2,1-5H3,(H,41,46)(H,42,45). The predicted molar refractivity (Wildman–Crippen MR) is 182 cm³/mol. The van der Waals surface area contributed by atoms with Gasteiger partial charge in [0.2, 0.25) is 17.7 Å². The molecule has 1 fully saturated rings. The van der Waals surface area contributed by atoms with Crippen LogP contribution in [-0.2, 0) is 14.4 Å². The minimum absolute atomic E-state index is 0.258. The molecule has 5 rings (SSSR count). The lowest BCUT2D eigenvalue weighted by atomic mass is 9.85. The Bertz CT molecular complexity index is 1800. The molecule has 1 aromatic heterocycles. The van der Waals surface area contributed by atoms with Crippen LogP contribution in [0.15, 0.2) is 73.1 Å². The molecule has 2 heterocycles. The lowest BCUT2D eigenvalue weighted by Gasteiger charge is -2.36. The maximum atomic E-state index is 15.3. The average Bonchev–Trinajstić information content (AvgIpc) is 3.54. The zero-order valence-corrected chi connectivity index (χ0v) is 27.8. The summed E-state index contributed by atoms with van der Waals surface area (Å²) < 4.78 is 15.3. The van der Waals surface area contributed by atoms with Crippen LogP contribution in [0, 0.1) is 11.2 Å². The van der Waals surface area contributed by atoms with E-state index in [2.05, 4.69) is 25.9 Å². The molecule has 246 valence electrons. The molecule has 0 radical (unpaired) electrons. The summed E-state index contributed by atoms with van der Waals surface area (Å²) in [6.07, 6.45) is 2.53. The van der Waals surface area contributed by atoms with Gasteiger partial charge >= 0.3 is 0 Å². The van der Waals surface area contributed by atoms with E-state index in [4.69, 9.17) is 11.6 Å². The van der Waals surface area contributed by atoms with E-state index in [1.165, 1.54) is 12.4 Å². The van der Waals surface area contributed by atoms with Gasteiger partial charge in [0.25, 0.3) is 0 Å². The molecule has 10 nitrogen and oxygen atoms in total.